The molecule has 2 heteroatoms. The molecule has 0 N–H and O–H groups in total. The van der Waals surface area contributed by atoms with Gasteiger partial charge in [-0.05, 0) is 70.8 Å². The molecule has 2 heterocycles. The minimum atomic E-state index is 0.794. The van der Waals surface area contributed by atoms with Crippen molar-refractivity contribution in [3.8, 4) is 0 Å². The van der Waals surface area contributed by atoms with Gasteiger partial charge in [-0.3, -0.25) is 0 Å². The van der Waals surface area contributed by atoms with Crippen LogP contribution < -0.4 is 0 Å². The van der Waals surface area contributed by atoms with E-state index in [4.69, 9.17) is 0 Å². The first-order valence-electron chi connectivity index (χ1n) is 15.0. The Bertz CT molecular complexity index is 2120. The normalized spacial score (nSPS) is 11.6. The number of nitrogens with zero attached hydrogens (tertiary/aromatic N) is 2. The van der Waals surface area contributed by atoms with E-state index in [0.29, 0.717) is 0 Å². The van der Waals surface area contributed by atoms with Crippen LogP contribution in [0.25, 0.3) is 65.2 Å². The van der Waals surface area contributed by atoms with Crippen LogP contribution >= 0.6 is 0 Å². The van der Waals surface area contributed by atoms with Gasteiger partial charge in [0.2, 0.25) is 0 Å². The van der Waals surface area contributed by atoms with Crippen molar-refractivity contribution in [2.45, 2.75) is 20.5 Å². The highest BCUT2D eigenvalue weighted by Gasteiger charge is 2.14. The number of fused-ring (bicyclic) bond motifs is 8. The van der Waals surface area contributed by atoms with E-state index in [1.165, 1.54) is 76.3 Å². The number of aromatic nitrogens is 2. The van der Waals surface area contributed by atoms with E-state index in [1.807, 2.05) is 0 Å². The van der Waals surface area contributed by atoms with Crippen molar-refractivity contribution in [2.24, 2.45) is 0 Å². The lowest BCUT2D eigenvalue weighted by atomic mass is 9.93. The first kappa shape index (κ1) is 25.4. The van der Waals surface area contributed by atoms with Gasteiger partial charge in [-0.2, -0.15) is 0 Å². The molecular formula is C41H32N2. The van der Waals surface area contributed by atoms with E-state index in [2.05, 4.69) is 169 Å². The summed E-state index contributed by atoms with van der Waals surface area (Å²) in [7, 11) is 0. The van der Waals surface area contributed by atoms with Gasteiger partial charge in [0.1, 0.15) is 6.67 Å². The number of para-hydroxylation sites is 4. The van der Waals surface area contributed by atoms with E-state index < -0.39 is 0 Å². The first-order chi connectivity index (χ1) is 21.2. The highest BCUT2D eigenvalue weighted by atomic mass is 15.2. The summed E-state index contributed by atoms with van der Waals surface area (Å²) >= 11 is 0. The SMILES string of the molecule is Cc1c2ccccc2c(C)c2ccccc12.c1ccc2c(c1)c1ccccc1n2Cn1c2ccccc2c2ccccc21. The average molecular weight is 553 g/mol. The molecule has 0 radical (unpaired) electrons. The van der Waals surface area contributed by atoms with E-state index in [1.54, 1.807) is 0 Å². The molecule has 2 nitrogen and oxygen atoms in total. The molecule has 206 valence electrons. The fourth-order valence-electron chi connectivity index (χ4n) is 7.02. The molecule has 0 aliphatic heterocycles. The molecule has 0 amide bonds. The molecule has 0 spiro atoms. The smallest absolute Gasteiger partial charge is 0.100 e. The standard InChI is InChI=1S/C25H18N2.C16H14/c1-5-13-22-18(9-1)19-10-2-6-14-23(19)26(22)17-27-24-15-7-3-11-20(24)21-12-4-8-16-25(21)27;1-11-13-7-3-5-9-15(13)12(2)16-10-6-4-8-14(11)16/h1-16H,17H2;3-10H,1-2H3. The molecule has 2 aromatic heterocycles. The predicted molar refractivity (Wildman–Crippen MR) is 185 cm³/mol. The second-order valence-corrected chi connectivity index (χ2v) is 11.4. The van der Waals surface area contributed by atoms with Crippen molar-refractivity contribution in [1.29, 1.82) is 0 Å². The topological polar surface area (TPSA) is 9.86 Å². The lowest BCUT2D eigenvalue weighted by molar-refractivity contribution is 0.682. The maximum Gasteiger partial charge on any atom is 0.100 e. The Morgan fingerprint density at radius 3 is 0.767 bits per heavy atom. The van der Waals surface area contributed by atoms with Crippen LogP contribution in [0.3, 0.4) is 0 Å². The van der Waals surface area contributed by atoms with E-state index in [-0.39, 0.29) is 0 Å². The fourth-order valence-corrected chi connectivity index (χ4v) is 7.02. The van der Waals surface area contributed by atoms with Gasteiger partial charge in [0.05, 0.1) is 22.1 Å². The number of aryl methyl sites for hydroxylation is 2. The lowest BCUT2D eigenvalue weighted by Crippen LogP contribution is -2.07. The molecule has 0 aliphatic carbocycles. The number of hydrogen-bond donors (Lipinski definition) is 0. The van der Waals surface area contributed by atoms with Gasteiger partial charge < -0.3 is 9.13 Å². The van der Waals surface area contributed by atoms with Crippen LogP contribution in [-0.2, 0) is 6.67 Å². The molecule has 0 saturated heterocycles. The quantitative estimate of drug-likeness (QED) is 0.189. The molecule has 0 saturated carbocycles. The van der Waals surface area contributed by atoms with Crippen LogP contribution in [0.4, 0.5) is 0 Å². The summed E-state index contributed by atoms with van der Waals surface area (Å²) in [6, 6.07) is 52.1. The van der Waals surface area contributed by atoms with Gasteiger partial charge in [-0.25, -0.2) is 0 Å². The van der Waals surface area contributed by atoms with E-state index in [9.17, 15) is 0 Å². The van der Waals surface area contributed by atoms with Crippen molar-refractivity contribution >= 4 is 65.2 Å². The Balaban J connectivity index is 0.000000148. The van der Waals surface area contributed by atoms with Crippen molar-refractivity contribution in [2.75, 3.05) is 0 Å². The maximum absolute atomic E-state index is 2.43. The Kier molecular flexibility index (Phi) is 6.01. The monoisotopic (exact) mass is 552 g/mol. The summed E-state index contributed by atoms with van der Waals surface area (Å²) in [4.78, 5) is 0. The molecule has 0 unspecified atom stereocenters. The third-order valence-corrected chi connectivity index (χ3v) is 9.11. The van der Waals surface area contributed by atoms with E-state index >= 15 is 0 Å². The van der Waals surface area contributed by atoms with Gasteiger partial charge in [0.25, 0.3) is 0 Å². The Morgan fingerprint density at radius 1 is 0.302 bits per heavy atom. The average Bonchev–Trinajstić information content (AvgIpc) is 3.57. The molecule has 7 aromatic carbocycles. The van der Waals surface area contributed by atoms with Crippen LogP contribution in [0.1, 0.15) is 11.1 Å². The molecule has 9 rings (SSSR count). The van der Waals surface area contributed by atoms with Crippen molar-refractivity contribution in [3.05, 3.63) is 157 Å². The fraction of sp³-hybridized carbons (Fsp3) is 0.0732. The summed E-state index contributed by atoms with van der Waals surface area (Å²) in [6.07, 6.45) is 0. The van der Waals surface area contributed by atoms with Crippen molar-refractivity contribution in [3.63, 3.8) is 0 Å². The van der Waals surface area contributed by atoms with Crippen LogP contribution in [0, 0.1) is 13.8 Å². The zero-order chi connectivity index (χ0) is 28.9. The minimum absolute atomic E-state index is 0.794. The summed E-state index contributed by atoms with van der Waals surface area (Å²) in [5, 5.41) is 10.8. The van der Waals surface area contributed by atoms with Crippen LogP contribution in [0.15, 0.2) is 146 Å². The summed E-state index contributed by atoms with van der Waals surface area (Å²) < 4.78 is 4.87. The van der Waals surface area contributed by atoms with Gasteiger partial charge >= 0.3 is 0 Å². The van der Waals surface area contributed by atoms with Gasteiger partial charge in [0, 0.05) is 21.5 Å². The Morgan fingerprint density at radius 2 is 0.512 bits per heavy atom. The third kappa shape index (κ3) is 4.02. The van der Waals surface area contributed by atoms with Crippen LogP contribution in [0.5, 0.6) is 0 Å². The lowest BCUT2D eigenvalue weighted by Gasteiger charge is -2.12. The van der Waals surface area contributed by atoms with Gasteiger partial charge in [0.15, 0.2) is 0 Å². The molecule has 0 aliphatic rings. The summed E-state index contributed by atoms with van der Waals surface area (Å²) in [5.41, 5.74) is 7.89. The summed E-state index contributed by atoms with van der Waals surface area (Å²) in [6.45, 7) is 5.22. The highest BCUT2D eigenvalue weighted by molar-refractivity contribution is 6.10. The molecule has 0 fully saturated rings. The highest BCUT2D eigenvalue weighted by Crippen LogP contribution is 2.33. The second-order valence-electron chi connectivity index (χ2n) is 11.4. The van der Waals surface area contributed by atoms with Crippen LogP contribution in [0.2, 0.25) is 0 Å². The minimum Gasteiger partial charge on any atom is -0.322 e. The maximum atomic E-state index is 2.43. The summed E-state index contributed by atoms with van der Waals surface area (Å²) in [5.74, 6) is 0. The first-order valence-corrected chi connectivity index (χ1v) is 15.0. The third-order valence-electron chi connectivity index (χ3n) is 9.11. The van der Waals surface area contributed by atoms with Gasteiger partial charge in [-0.15, -0.1) is 0 Å². The molecule has 9 aromatic rings. The number of rotatable bonds is 2. The molecule has 43 heavy (non-hydrogen) atoms. The number of benzene rings is 7. The zero-order valence-electron chi connectivity index (χ0n) is 24.5. The van der Waals surface area contributed by atoms with E-state index in [0.717, 1.165) is 6.67 Å². The molecule has 0 bridgehead atoms. The Hall–Kier alpha value is -5.34. The van der Waals surface area contributed by atoms with Crippen molar-refractivity contribution < 1.29 is 0 Å². The van der Waals surface area contributed by atoms with Crippen molar-refractivity contribution in [1.82, 2.24) is 9.13 Å². The Labute approximate surface area is 251 Å². The predicted octanol–water partition coefficient (Wildman–Crippen LogP) is 11.0. The largest absolute Gasteiger partial charge is 0.322 e. The zero-order valence-corrected chi connectivity index (χ0v) is 24.5. The molecular weight excluding hydrogens is 520 g/mol. The van der Waals surface area contributed by atoms with Crippen LogP contribution in [-0.4, -0.2) is 9.13 Å². The molecule has 0 atom stereocenters. The van der Waals surface area contributed by atoms with Gasteiger partial charge in [-0.1, -0.05) is 121 Å². The number of hydrogen-bond acceptors (Lipinski definition) is 0. The second kappa shape index (κ2) is 10.2.